The summed E-state index contributed by atoms with van der Waals surface area (Å²) in [6.07, 6.45) is 2.03. The van der Waals surface area contributed by atoms with E-state index in [4.69, 9.17) is 10.3 Å². The van der Waals surface area contributed by atoms with E-state index in [0.29, 0.717) is 13.2 Å². The standard InChI is InChI=1S/C9H11N3OS/c1-14-9-4-2-8(3-5-9)13-7-6-11-12-10/h2-5H,6-7H2,1H3. The molecule has 0 unspecified atom stereocenters. The second-order valence-corrected chi connectivity index (χ2v) is 3.36. The second-order valence-electron chi connectivity index (χ2n) is 2.48. The first kappa shape index (κ1) is 10.8. The van der Waals surface area contributed by atoms with Gasteiger partial charge < -0.3 is 4.74 Å². The molecule has 5 heteroatoms. The summed E-state index contributed by atoms with van der Waals surface area (Å²) in [6.45, 7) is 0.781. The molecule has 0 amide bonds. The summed E-state index contributed by atoms with van der Waals surface area (Å²) >= 11 is 1.69. The molecule has 0 bridgehead atoms. The van der Waals surface area contributed by atoms with Gasteiger partial charge >= 0.3 is 0 Å². The van der Waals surface area contributed by atoms with E-state index in [1.54, 1.807) is 11.8 Å². The van der Waals surface area contributed by atoms with E-state index in [-0.39, 0.29) is 0 Å². The molecule has 0 radical (unpaired) electrons. The van der Waals surface area contributed by atoms with E-state index in [9.17, 15) is 0 Å². The molecule has 0 saturated carbocycles. The van der Waals surface area contributed by atoms with Crippen LogP contribution in [0.25, 0.3) is 10.4 Å². The molecule has 0 aromatic heterocycles. The van der Waals surface area contributed by atoms with Crippen LogP contribution in [0.5, 0.6) is 5.75 Å². The van der Waals surface area contributed by atoms with Crippen molar-refractivity contribution in [2.75, 3.05) is 19.4 Å². The van der Waals surface area contributed by atoms with Crippen molar-refractivity contribution in [3.8, 4) is 5.75 Å². The normalized spacial score (nSPS) is 9.21. The molecule has 74 valence electrons. The van der Waals surface area contributed by atoms with Crippen LogP contribution in [0.15, 0.2) is 34.3 Å². The minimum atomic E-state index is 0.362. The highest BCUT2D eigenvalue weighted by atomic mass is 32.2. The Kier molecular flexibility index (Phi) is 4.75. The lowest BCUT2D eigenvalue weighted by Gasteiger charge is -2.04. The Hall–Kier alpha value is -1.32. The van der Waals surface area contributed by atoms with Gasteiger partial charge in [-0.3, -0.25) is 0 Å². The van der Waals surface area contributed by atoms with Gasteiger partial charge in [0, 0.05) is 9.81 Å². The molecular weight excluding hydrogens is 198 g/mol. The first-order chi connectivity index (χ1) is 6.86. The monoisotopic (exact) mass is 209 g/mol. The molecule has 0 aliphatic rings. The molecular formula is C9H11N3OS. The van der Waals surface area contributed by atoms with Crippen LogP contribution in [-0.4, -0.2) is 19.4 Å². The molecule has 1 aromatic carbocycles. The lowest BCUT2D eigenvalue weighted by atomic mass is 10.3. The number of azide groups is 1. The molecule has 4 nitrogen and oxygen atoms in total. The predicted octanol–water partition coefficient (Wildman–Crippen LogP) is 3.10. The number of hydrogen-bond acceptors (Lipinski definition) is 3. The van der Waals surface area contributed by atoms with Gasteiger partial charge in [0.05, 0.1) is 13.2 Å². The molecule has 0 aliphatic carbocycles. The largest absolute Gasteiger partial charge is 0.493 e. The van der Waals surface area contributed by atoms with Gasteiger partial charge in [0.2, 0.25) is 0 Å². The highest BCUT2D eigenvalue weighted by Gasteiger charge is 1.93. The minimum Gasteiger partial charge on any atom is -0.493 e. The first-order valence-corrected chi connectivity index (χ1v) is 5.37. The summed E-state index contributed by atoms with van der Waals surface area (Å²) in [5, 5.41) is 3.37. The number of benzene rings is 1. The summed E-state index contributed by atoms with van der Waals surface area (Å²) in [7, 11) is 0. The van der Waals surface area contributed by atoms with Gasteiger partial charge in [0.25, 0.3) is 0 Å². The van der Waals surface area contributed by atoms with Crippen LogP contribution >= 0.6 is 11.8 Å². The third-order valence-electron chi connectivity index (χ3n) is 1.58. The van der Waals surface area contributed by atoms with E-state index in [1.165, 1.54) is 4.90 Å². The van der Waals surface area contributed by atoms with Crippen molar-refractivity contribution in [1.29, 1.82) is 0 Å². The molecule has 0 spiro atoms. The Balaban J connectivity index is 2.39. The fourth-order valence-electron chi connectivity index (χ4n) is 0.921. The Bertz CT molecular complexity index is 319. The molecule has 14 heavy (non-hydrogen) atoms. The minimum absolute atomic E-state index is 0.362. The van der Waals surface area contributed by atoms with Gasteiger partial charge in [0.1, 0.15) is 5.75 Å². The zero-order valence-electron chi connectivity index (χ0n) is 7.88. The molecule has 0 saturated heterocycles. The molecule has 0 fully saturated rings. The van der Waals surface area contributed by atoms with Crippen LogP contribution in [-0.2, 0) is 0 Å². The number of hydrogen-bond donors (Lipinski definition) is 0. The fourth-order valence-corrected chi connectivity index (χ4v) is 1.33. The predicted molar refractivity (Wildman–Crippen MR) is 57.7 cm³/mol. The van der Waals surface area contributed by atoms with Crippen molar-refractivity contribution in [2.45, 2.75) is 4.90 Å². The molecule has 1 rings (SSSR count). The smallest absolute Gasteiger partial charge is 0.119 e. The summed E-state index contributed by atoms with van der Waals surface area (Å²) < 4.78 is 5.33. The topological polar surface area (TPSA) is 58.0 Å². The molecule has 0 heterocycles. The van der Waals surface area contributed by atoms with Crippen LogP contribution in [0.1, 0.15) is 0 Å². The van der Waals surface area contributed by atoms with Crippen molar-refractivity contribution in [3.63, 3.8) is 0 Å². The summed E-state index contributed by atoms with van der Waals surface area (Å²) in [5.74, 6) is 0.802. The van der Waals surface area contributed by atoms with Crippen LogP contribution in [0.4, 0.5) is 0 Å². The van der Waals surface area contributed by atoms with Crippen molar-refractivity contribution in [1.82, 2.24) is 0 Å². The van der Waals surface area contributed by atoms with Gasteiger partial charge in [0.15, 0.2) is 0 Å². The Labute approximate surface area is 86.9 Å². The molecule has 0 N–H and O–H groups in total. The molecule has 0 atom stereocenters. The Morgan fingerprint density at radius 3 is 2.71 bits per heavy atom. The second kappa shape index (κ2) is 6.18. The lowest BCUT2D eigenvalue weighted by molar-refractivity contribution is 0.328. The summed E-state index contributed by atoms with van der Waals surface area (Å²) in [5.41, 5.74) is 8.03. The maximum atomic E-state index is 8.03. The number of nitrogens with zero attached hydrogens (tertiary/aromatic N) is 3. The average Bonchev–Trinajstić information content (AvgIpc) is 2.25. The van der Waals surface area contributed by atoms with Crippen molar-refractivity contribution < 1.29 is 4.74 Å². The SMILES string of the molecule is CSc1ccc(OCCN=[N+]=[N-])cc1. The quantitative estimate of drug-likeness (QED) is 0.246. The molecule has 0 aliphatic heterocycles. The van der Waals surface area contributed by atoms with E-state index in [0.717, 1.165) is 5.75 Å². The van der Waals surface area contributed by atoms with Crippen molar-refractivity contribution in [2.24, 2.45) is 5.11 Å². The van der Waals surface area contributed by atoms with E-state index in [2.05, 4.69) is 10.0 Å². The Morgan fingerprint density at radius 2 is 2.14 bits per heavy atom. The van der Waals surface area contributed by atoms with Crippen LogP contribution in [0.3, 0.4) is 0 Å². The first-order valence-electron chi connectivity index (χ1n) is 4.14. The van der Waals surface area contributed by atoms with Gasteiger partial charge in [-0.05, 0) is 36.1 Å². The van der Waals surface area contributed by atoms with Crippen LogP contribution in [0.2, 0.25) is 0 Å². The number of thioether (sulfide) groups is 1. The third kappa shape index (κ3) is 3.60. The summed E-state index contributed by atoms with van der Waals surface area (Å²) in [4.78, 5) is 3.84. The van der Waals surface area contributed by atoms with E-state index < -0.39 is 0 Å². The third-order valence-corrected chi connectivity index (χ3v) is 2.33. The molecule has 1 aromatic rings. The zero-order chi connectivity index (χ0) is 10.2. The zero-order valence-corrected chi connectivity index (χ0v) is 8.70. The van der Waals surface area contributed by atoms with Crippen molar-refractivity contribution >= 4 is 11.8 Å². The number of rotatable bonds is 5. The average molecular weight is 209 g/mol. The van der Waals surface area contributed by atoms with E-state index >= 15 is 0 Å². The van der Waals surface area contributed by atoms with Crippen LogP contribution in [0, 0.1) is 0 Å². The fraction of sp³-hybridized carbons (Fsp3) is 0.333. The number of ether oxygens (including phenoxy) is 1. The van der Waals surface area contributed by atoms with Gasteiger partial charge in [-0.25, -0.2) is 0 Å². The van der Waals surface area contributed by atoms with Crippen LogP contribution < -0.4 is 4.74 Å². The highest BCUT2D eigenvalue weighted by Crippen LogP contribution is 2.18. The van der Waals surface area contributed by atoms with Crippen molar-refractivity contribution in [3.05, 3.63) is 34.7 Å². The highest BCUT2D eigenvalue weighted by molar-refractivity contribution is 7.98. The van der Waals surface area contributed by atoms with Gasteiger partial charge in [-0.2, -0.15) is 0 Å². The Morgan fingerprint density at radius 1 is 1.43 bits per heavy atom. The summed E-state index contributed by atoms with van der Waals surface area (Å²) in [6, 6.07) is 7.80. The maximum Gasteiger partial charge on any atom is 0.119 e. The van der Waals surface area contributed by atoms with E-state index in [1.807, 2.05) is 30.5 Å². The maximum absolute atomic E-state index is 8.03. The van der Waals surface area contributed by atoms with Gasteiger partial charge in [-0.1, -0.05) is 5.11 Å². The van der Waals surface area contributed by atoms with Gasteiger partial charge in [-0.15, -0.1) is 11.8 Å². The lowest BCUT2D eigenvalue weighted by Crippen LogP contribution is -1.99.